The fourth-order valence-electron chi connectivity index (χ4n) is 3.93. The highest BCUT2D eigenvalue weighted by atomic mass is 32.1. The quantitative estimate of drug-likeness (QED) is 0.350. The normalized spacial score (nSPS) is 12.1. The van der Waals surface area contributed by atoms with Crippen molar-refractivity contribution in [3.05, 3.63) is 125 Å². The Morgan fingerprint density at radius 3 is 2.03 bits per heavy atom. The lowest BCUT2D eigenvalue weighted by molar-refractivity contribution is 0.622. The molecule has 5 aromatic rings. The lowest BCUT2D eigenvalue weighted by Gasteiger charge is -2.28. The van der Waals surface area contributed by atoms with E-state index in [0.717, 1.165) is 33.1 Å². The molecule has 32 heavy (non-hydrogen) atoms. The molecule has 0 bridgehead atoms. The van der Waals surface area contributed by atoms with Crippen LogP contribution >= 0.6 is 11.3 Å². The average molecular weight is 440 g/mol. The van der Waals surface area contributed by atoms with E-state index in [1.165, 1.54) is 23.5 Å². The van der Waals surface area contributed by atoms with Gasteiger partial charge in [-0.3, -0.25) is 9.97 Å². The Labute approximate surface area is 188 Å². The van der Waals surface area contributed by atoms with Gasteiger partial charge in [-0.1, -0.05) is 41.7 Å². The van der Waals surface area contributed by atoms with Crippen molar-refractivity contribution >= 4 is 11.3 Å². The molecule has 0 aliphatic heterocycles. The van der Waals surface area contributed by atoms with E-state index < -0.39 is 0 Å². The molecule has 7 heteroatoms. The summed E-state index contributed by atoms with van der Waals surface area (Å²) in [6.45, 7) is 0. The number of hydrogen-bond acceptors (Lipinski definition) is 6. The molecule has 156 valence electrons. The first-order chi connectivity index (χ1) is 15.8. The van der Waals surface area contributed by atoms with Gasteiger partial charge in [-0.05, 0) is 53.1 Å². The summed E-state index contributed by atoms with van der Waals surface area (Å²) in [5, 5.41) is 8.86. The molecule has 0 saturated heterocycles. The Hall–Kier alpha value is -3.84. The minimum atomic E-state index is -0.276. The van der Waals surface area contributed by atoms with Crippen molar-refractivity contribution in [3.8, 4) is 10.7 Å². The van der Waals surface area contributed by atoms with E-state index in [1.807, 2.05) is 54.9 Å². The van der Waals surface area contributed by atoms with Gasteiger partial charge in [0.15, 0.2) is 5.01 Å². The molecule has 0 N–H and O–H groups in total. The summed E-state index contributed by atoms with van der Waals surface area (Å²) in [6.07, 6.45) is 7.24. The number of aromatic nitrogens is 5. The molecule has 4 heterocycles. The molecular weight excluding hydrogens is 421 g/mol. The largest absolute Gasteiger partial charge is 0.264 e. The van der Waals surface area contributed by atoms with E-state index in [1.54, 1.807) is 17.9 Å². The lowest BCUT2D eigenvalue weighted by atomic mass is 9.76. The monoisotopic (exact) mass is 439 g/mol. The van der Waals surface area contributed by atoms with Gasteiger partial charge in [0, 0.05) is 42.3 Å². The van der Waals surface area contributed by atoms with Gasteiger partial charge in [0.25, 0.3) is 0 Å². The van der Waals surface area contributed by atoms with E-state index in [-0.39, 0.29) is 17.7 Å². The molecule has 0 radical (unpaired) electrons. The number of benzene rings is 1. The average Bonchev–Trinajstić information content (AvgIpc) is 3.40. The summed E-state index contributed by atoms with van der Waals surface area (Å²) in [6, 6.07) is 20.5. The summed E-state index contributed by atoms with van der Waals surface area (Å²) in [4.78, 5) is 13.7. The van der Waals surface area contributed by atoms with Gasteiger partial charge in [-0.25, -0.2) is 9.37 Å². The fourth-order valence-corrected chi connectivity index (χ4v) is 4.45. The van der Waals surface area contributed by atoms with Crippen molar-refractivity contribution in [3.63, 3.8) is 0 Å². The summed E-state index contributed by atoms with van der Waals surface area (Å²) < 4.78 is 13.8. The van der Waals surface area contributed by atoms with Gasteiger partial charge in [-0.2, -0.15) is 0 Å². The van der Waals surface area contributed by atoms with Crippen LogP contribution in [0.25, 0.3) is 10.7 Å². The molecule has 1 unspecified atom stereocenters. The first-order valence-corrected chi connectivity index (χ1v) is 11.0. The third-order valence-electron chi connectivity index (χ3n) is 5.32. The maximum absolute atomic E-state index is 13.8. The van der Waals surface area contributed by atoms with E-state index in [9.17, 15) is 4.39 Å². The third kappa shape index (κ3) is 4.15. The Bertz CT molecular complexity index is 1240. The van der Waals surface area contributed by atoms with E-state index in [2.05, 4.69) is 32.3 Å². The molecule has 4 aromatic heterocycles. The minimum absolute atomic E-state index is 0.125. The highest BCUT2D eigenvalue weighted by molar-refractivity contribution is 7.12. The number of nitrogens with zero attached hydrogens (tertiary/aromatic N) is 5. The zero-order valence-corrected chi connectivity index (χ0v) is 17.7. The smallest absolute Gasteiger partial charge is 0.166 e. The summed E-state index contributed by atoms with van der Waals surface area (Å²) >= 11 is 1.44. The van der Waals surface area contributed by atoms with Crippen LogP contribution in [0.15, 0.2) is 97.0 Å². The summed E-state index contributed by atoms with van der Waals surface area (Å²) in [5.74, 6) is -0.598. The maximum Gasteiger partial charge on any atom is 0.166 e. The fraction of sp³-hybridized carbons (Fsp3) is 0.0800. The van der Waals surface area contributed by atoms with Crippen LogP contribution in [0.1, 0.15) is 34.2 Å². The second kappa shape index (κ2) is 9.11. The predicted octanol–water partition coefficient (Wildman–Crippen LogP) is 5.49. The number of pyridine rings is 3. The van der Waals surface area contributed by atoms with E-state index in [0.29, 0.717) is 0 Å². The van der Waals surface area contributed by atoms with Gasteiger partial charge in [0.05, 0.1) is 0 Å². The Morgan fingerprint density at radius 1 is 0.719 bits per heavy atom. The van der Waals surface area contributed by atoms with Crippen molar-refractivity contribution in [1.29, 1.82) is 0 Å². The zero-order valence-electron chi connectivity index (χ0n) is 16.9. The van der Waals surface area contributed by atoms with E-state index >= 15 is 0 Å². The maximum atomic E-state index is 13.8. The van der Waals surface area contributed by atoms with Crippen molar-refractivity contribution < 1.29 is 4.39 Å². The topological polar surface area (TPSA) is 64.5 Å². The third-order valence-corrected chi connectivity index (χ3v) is 6.03. The molecule has 0 aliphatic rings. The molecule has 5 rings (SSSR count). The number of halogens is 1. The van der Waals surface area contributed by atoms with Gasteiger partial charge in [0.1, 0.15) is 17.0 Å². The molecule has 1 atom stereocenters. The molecular formula is C25H18FN5S. The molecule has 0 amide bonds. The van der Waals surface area contributed by atoms with Crippen LogP contribution in [-0.2, 0) is 0 Å². The highest BCUT2D eigenvalue weighted by Gasteiger charge is 2.30. The predicted molar refractivity (Wildman–Crippen MR) is 122 cm³/mol. The second-order valence-corrected chi connectivity index (χ2v) is 8.10. The first kappa shape index (κ1) is 20.1. The minimum Gasteiger partial charge on any atom is -0.264 e. The van der Waals surface area contributed by atoms with Crippen LogP contribution in [0, 0.1) is 5.82 Å². The molecule has 0 fully saturated rings. The standard InChI is InChI=1S/C25H18FN5S/c26-20-10-8-17(9-11-20)24(21-6-1-7-22(30-21)25-31-29-16-32-25)23(18-4-2-12-27-14-18)19-5-3-13-28-15-19/h1-16,23-24H. The van der Waals surface area contributed by atoms with Crippen molar-refractivity contribution in [2.75, 3.05) is 0 Å². The van der Waals surface area contributed by atoms with Crippen LogP contribution in [0.4, 0.5) is 4.39 Å². The Kier molecular flexibility index (Phi) is 5.72. The molecule has 0 saturated carbocycles. The van der Waals surface area contributed by atoms with Crippen molar-refractivity contribution in [2.24, 2.45) is 0 Å². The van der Waals surface area contributed by atoms with Gasteiger partial charge in [0.2, 0.25) is 0 Å². The molecule has 5 nitrogen and oxygen atoms in total. The van der Waals surface area contributed by atoms with Crippen molar-refractivity contribution in [1.82, 2.24) is 25.1 Å². The second-order valence-electron chi connectivity index (χ2n) is 7.27. The van der Waals surface area contributed by atoms with Crippen LogP contribution in [-0.4, -0.2) is 25.1 Å². The molecule has 0 spiro atoms. The zero-order chi connectivity index (χ0) is 21.8. The number of rotatable bonds is 6. The van der Waals surface area contributed by atoms with Crippen LogP contribution in [0.3, 0.4) is 0 Å². The molecule has 0 aliphatic carbocycles. The summed E-state index contributed by atoms with van der Waals surface area (Å²) in [5.41, 5.74) is 6.30. The Balaban J connectivity index is 1.72. The SMILES string of the molecule is Fc1ccc(C(c2cccc(-c3nncs3)n2)C(c2cccnc2)c2cccnc2)cc1. The summed E-state index contributed by atoms with van der Waals surface area (Å²) in [7, 11) is 0. The van der Waals surface area contributed by atoms with Crippen molar-refractivity contribution in [2.45, 2.75) is 11.8 Å². The first-order valence-electron chi connectivity index (χ1n) is 10.1. The van der Waals surface area contributed by atoms with Gasteiger partial charge in [-0.15, -0.1) is 10.2 Å². The number of hydrogen-bond donors (Lipinski definition) is 0. The van der Waals surface area contributed by atoms with Gasteiger partial charge < -0.3 is 0 Å². The van der Waals surface area contributed by atoms with Crippen LogP contribution < -0.4 is 0 Å². The van der Waals surface area contributed by atoms with Crippen LogP contribution in [0.2, 0.25) is 0 Å². The van der Waals surface area contributed by atoms with Gasteiger partial charge >= 0.3 is 0 Å². The highest BCUT2D eigenvalue weighted by Crippen LogP contribution is 2.42. The molecule has 1 aromatic carbocycles. The lowest BCUT2D eigenvalue weighted by Crippen LogP contribution is -2.16. The Morgan fingerprint density at radius 2 is 1.44 bits per heavy atom. The van der Waals surface area contributed by atoms with E-state index in [4.69, 9.17) is 4.98 Å². The van der Waals surface area contributed by atoms with Crippen LogP contribution in [0.5, 0.6) is 0 Å².